The van der Waals surface area contributed by atoms with Crippen molar-refractivity contribution in [3.63, 3.8) is 0 Å². The molecule has 1 amide bonds. The average molecular weight is 363 g/mol. The highest BCUT2D eigenvalue weighted by atomic mass is 35.5. The van der Waals surface area contributed by atoms with Gasteiger partial charge < -0.3 is 10.6 Å². The highest BCUT2D eigenvalue weighted by Crippen LogP contribution is 2.29. The third-order valence-corrected chi connectivity index (χ3v) is 5.35. The van der Waals surface area contributed by atoms with Crippen molar-refractivity contribution in [1.29, 1.82) is 0 Å². The Labute approximate surface area is 148 Å². The number of amides is 1. The SMILES string of the molecule is CSc1ccc(NC(=O)CC(C)C2CCNCC2)cc1Cl.Cl. The van der Waals surface area contributed by atoms with Gasteiger partial charge in [0.25, 0.3) is 0 Å². The van der Waals surface area contributed by atoms with Gasteiger partial charge in [0.05, 0.1) is 5.02 Å². The van der Waals surface area contributed by atoms with Crippen molar-refractivity contribution >= 4 is 47.4 Å². The molecule has 0 saturated carbocycles. The summed E-state index contributed by atoms with van der Waals surface area (Å²) in [4.78, 5) is 13.2. The van der Waals surface area contributed by atoms with Crippen LogP contribution in [0.4, 0.5) is 5.69 Å². The fourth-order valence-electron chi connectivity index (χ4n) is 2.83. The number of carbonyl (C=O) groups excluding carboxylic acids is 1. The Bertz CT molecular complexity index is 493. The molecule has 2 rings (SSSR count). The van der Waals surface area contributed by atoms with Crippen molar-refractivity contribution in [2.45, 2.75) is 31.1 Å². The van der Waals surface area contributed by atoms with Crippen LogP contribution in [0.2, 0.25) is 5.02 Å². The Morgan fingerprint density at radius 2 is 2.14 bits per heavy atom. The standard InChI is InChI=1S/C16H23ClN2OS.ClH/c1-11(12-5-7-18-8-6-12)9-16(20)19-13-3-4-15(21-2)14(17)10-13;/h3-4,10-12,18H,5-9H2,1-2H3,(H,19,20);1H. The molecule has 0 spiro atoms. The summed E-state index contributed by atoms with van der Waals surface area (Å²) >= 11 is 7.76. The predicted octanol–water partition coefficient (Wildman–Crippen LogP) is 4.45. The van der Waals surface area contributed by atoms with Gasteiger partial charge in [-0.1, -0.05) is 18.5 Å². The number of rotatable bonds is 5. The Balaban J connectivity index is 0.00000242. The molecule has 1 heterocycles. The molecular weight excluding hydrogens is 339 g/mol. The first-order valence-corrected chi connectivity index (χ1v) is 9.04. The number of benzene rings is 1. The predicted molar refractivity (Wildman–Crippen MR) is 98.5 cm³/mol. The van der Waals surface area contributed by atoms with Crippen molar-refractivity contribution in [3.8, 4) is 0 Å². The van der Waals surface area contributed by atoms with Crippen molar-refractivity contribution < 1.29 is 4.79 Å². The van der Waals surface area contributed by atoms with E-state index < -0.39 is 0 Å². The minimum Gasteiger partial charge on any atom is -0.326 e. The number of anilines is 1. The minimum absolute atomic E-state index is 0. The van der Waals surface area contributed by atoms with Crippen LogP contribution in [0.1, 0.15) is 26.2 Å². The van der Waals surface area contributed by atoms with E-state index in [4.69, 9.17) is 11.6 Å². The molecule has 1 aromatic rings. The van der Waals surface area contributed by atoms with E-state index in [0.717, 1.165) is 23.7 Å². The van der Waals surface area contributed by atoms with E-state index in [1.54, 1.807) is 11.8 Å². The Morgan fingerprint density at radius 1 is 1.45 bits per heavy atom. The van der Waals surface area contributed by atoms with Gasteiger partial charge in [0.15, 0.2) is 0 Å². The molecule has 1 unspecified atom stereocenters. The molecule has 1 atom stereocenters. The van der Waals surface area contributed by atoms with Crippen LogP contribution in [-0.2, 0) is 4.79 Å². The van der Waals surface area contributed by atoms with E-state index in [1.165, 1.54) is 12.8 Å². The zero-order chi connectivity index (χ0) is 15.2. The van der Waals surface area contributed by atoms with Gasteiger partial charge in [0.1, 0.15) is 0 Å². The van der Waals surface area contributed by atoms with Crippen LogP contribution in [0.25, 0.3) is 0 Å². The lowest BCUT2D eigenvalue weighted by Gasteiger charge is -2.27. The van der Waals surface area contributed by atoms with Gasteiger partial charge in [0, 0.05) is 17.0 Å². The maximum Gasteiger partial charge on any atom is 0.224 e. The second-order valence-corrected chi connectivity index (χ2v) is 6.92. The minimum atomic E-state index is 0. The fourth-order valence-corrected chi connectivity index (χ4v) is 3.70. The summed E-state index contributed by atoms with van der Waals surface area (Å²) in [5, 5.41) is 7.01. The molecule has 1 aromatic carbocycles. The van der Waals surface area contributed by atoms with Crippen molar-refractivity contribution in [2.24, 2.45) is 11.8 Å². The molecule has 3 nitrogen and oxygen atoms in total. The lowest BCUT2D eigenvalue weighted by Crippen LogP contribution is -2.32. The number of thioether (sulfide) groups is 1. The normalized spacial score (nSPS) is 16.7. The van der Waals surface area contributed by atoms with Gasteiger partial charge in [-0.05, 0) is 62.2 Å². The van der Waals surface area contributed by atoms with E-state index in [1.807, 2.05) is 24.5 Å². The average Bonchev–Trinajstić information content (AvgIpc) is 2.48. The molecule has 0 radical (unpaired) electrons. The van der Waals surface area contributed by atoms with Crippen LogP contribution < -0.4 is 10.6 Å². The van der Waals surface area contributed by atoms with Gasteiger partial charge in [-0.3, -0.25) is 4.79 Å². The summed E-state index contributed by atoms with van der Waals surface area (Å²) in [6.45, 7) is 4.32. The zero-order valence-corrected chi connectivity index (χ0v) is 15.4. The quantitative estimate of drug-likeness (QED) is 0.760. The van der Waals surface area contributed by atoms with E-state index in [0.29, 0.717) is 23.3 Å². The lowest BCUT2D eigenvalue weighted by molar-refractivity contribution is -0.117. The number of hydrogen-bond donors (Lipinski definition) is 2. The van der Waals surface area contributed by atoms with Gasteiger partial charge in [-0.2, -0.15) is 0 Å². The molecule has 6 heteroatoms. The first kappa shape index (κ1) is 19.6. The summed E-state index contributed by atoms with van der Waals surface area (Å²) in [5.74, 6) is 1.15. The highest BCUT2D eigenvalue weighted by molar-refractivity contribution is 7.98. The van der Waals surface area contributed by atoms with Gasteiger partial charge in [0.2, 0.25) is 5.91 Å². The maximum absolute atomic E-state index is 12.2. The van der Waals surface area contributed by atoms with Crippen molar-refractivity contribution in [3.05, 3.63) is 23.2 Å². The largest absolute Gasteiger partial charge is 0.326 e. The van der Waals surface area contributed by atoms with Gasteiger partial charge in [-0.15, -0.1) is 24.2 Å². The molecular formula is C16H24Cl2N2OS. The van der Waals surface area contributed by atoms with Crippen LogP contribution in [0.5, 0.6) is 0 Å². The summed E-state index contributed by atoms with van der Waals surface area (Å²) in [7, 11) is 0. The second-order valence-electron chi connectivity index (χ2n) is 5.67. The van der Waals surface area contributed by atoms with Gasteiger partial charge in [-0.25, -0.2) is 0 Å². The summed E-state index contributed by atoms with van der Waals surface area (Å²) in [6.07, 6.45) is 4.90. The Hall–Kier alpha value is -0.420. The van der Waals surface area contributed by atoms with E-state index in [2.05, 4.69) is 17.6 Å². The molecule has 124 valence electrons. The third kappa shape index (κ3) is 5.65. The maximum atomic E-state index is 12.2. The number of hydrogen-bond acceptors (Lipinski definition) is 3. The molecule has 22 heavy (non-hydrogen) atoms. The van der Waals surface area contributed by atoms with E-state index in [-0.39, 0.29) is 18.3 Å². The molecule has 0 aliphatic carbocycles. The topological polar surface area (TPSA) is 41.1 Å². The summed E-state index contributed by atoms with van der Waals surface area (Å²) in [5.41, 5.74) is 0.778. The zero-order valence-electron chi connectivity index (χ0n) is 13.0. The number of carbonyl (C=O) groups is 1. The molecule has 0 aromatic heterocycles. The van der Waals surface area contributed by atoms with Crippen LogP contribution in [0.3, 0.4) is 0 Å². The highest BCUT2D eigenvalue weighted by Gasteiger charge is 2.22. The number of piperidine rings is 1. The van der Waals surface area contributed by atoms with Crippen LogP contribution in [0, 0.1) is 11.8 Å². The van der Waals surface area contributed by atoms with Gasteiger partial charge >= 0.3 is 0 Å². The molecule has 1 aliphatic rings. The number of nitrogens with one attached hydrogen (secondary N) is 2. The third-order valence-electron chi connectivity index (χ3n) is 4.13. The summed E-state index contributed by atoms with van der Waals surface area (Å²) < 4.78 is 0. The van der Waals surface area contributed by atoms with Crippen LogP contribution in [-0.4, -0.2) is 25.3 Å². The summed E-state index contributed by atoms with van der Waals surface area (Å²) in [6, 6.07) is 5.67. The Morgan fingerprint density at radius 3 is 2.73 bits per heavy atom. The molecule has 2 N–H and O–H groups in total. The molecule has 1 saturated heterocycles. The molecule has 0 bridgehead atoms. The first-order valence-electron chi connectivity index (χ1n) is 7.44. The monoisotopic (exact) mass is 362 g/mol. The number of halogens is 2. The smallest absolute Gasteiger partial charge is 0.224 e. The lowest BCUT2D eigenvalue weighted by atomic mass is 9.84. The van der Waals surface area contributed by atoms with Crippen LogP contribution >= 0.6 is 35.8 Å². The second kappa shape index (κ2) is 9.66. The van der Waals surface area contributed by atoms with E-state index >= 15 is 0 Å². The Kier molecular flexibility index (Phi) is 8.62. The van der Waals surface area contributed by atoms with E-state index in [9.17, 15) is 4.79 Å². The van der Waals surface area contributed by atoms with Crippen molar-refractivity contribution in [1.82, 2.24) is 5.32 Å². The van der Waals surface area contributed by atoms with Crippen molar-refractivity contribution in [2.75, 3.05) is 24.7 Å². The van der Waals surface area contributed by atoms with Crippen LogP contribution in [0.15, 0.2) is 23.1 Å². The first-order chi connectivity index (χ1) is 10.1. The fraction of sp³-hybridized carbons (Fsp3) is 0.562. The molecule has 1 aliphatic heterocycles. The molecule has 1 fully saturated rings.